The van der Waals surface area contributed by atoms with Gasteiger partial charge in [-0.05, 0) is 12.5 Å². The van der Waals surface area contributed by atoms with E-state index in [0.717, 1.165) is 6.07 Å². The number of aromatic nitrogens is 1. The number of aromatic hydroxyl groups is 1. The molecule has 1 unspecified atom stereocenters. The SMILES string of the molecule is O=C(NCc1ccc(F)cc1F)c1cn2c(c(O)c1=O)C(=O)N1CCC=CC2C1. The number of fused-ring (bicyclic) bond motifs is 4. The van der Waals surface area contributed by atoms with Crippen molar-refractivity contribution in [2.45, 2.75) is 19.0 Å². The van der Waals surface area contributed by atoms with Crippen LogP contribution in [0.5, 0.6) is 5.75 Å². The number of pyridine rings is 1. The van der Waals surface area contributed by atoms with Gasteiger partial charge < -0.3 is 19.9 Å². The molecule has 1 aromatic carbocycles. The van der Waals surface area contributed by atoms with Crippen molar-refractivity contribution in [3.8, 4) is 5.75 Å². The molecule has 29 heavy (non-hydrogen) atoms. The number of nitrogens with one attached hydrogen (secondary N) is 1. The summed E-state index contributed by atoms with van der Waals surface area (Å²) >= 11 is 0. The molecule has 2 amide bonds. The van der Waals surface area contributed by atoms with Crippen molar-refractivity contribution in [1.82, 2.24) is 14.8 Å². The molecule has 4 rings (SSSR count). The summed E-state index contributed by atoms with van der Waals surface area (Å²) in [4.78, 5) is 39.2. The van der Waals surface area contributed by atoms with Gasteiger partial charge in [0.25, 0.3) is 11.8 Å². The van der Waals surface area contributed by atoms with E-state index in [1.54, 1.807) is 4.90 Å². The van der Waals surface area contributed by atoms with E-state index < -0.39 is 34.6 Å². The Balaban J connectivity index is 1.67. The Bertz CT molecular complexity index is 1110. The van der Waals surface area contributed by atoms with E-state index in [1.807, 2.05) is 12.2 Å². The van der Waals surface area contributed by atoms with E-state index >= 15 is 0 Å². The lowest BCUT2D eigenvalue weighted by Crippen LogP contribution is -2.44. The summed E-state index contributed by atoms with van der Waals surface area (Å²) in [7, 11) is 0. The predicted molar refractivity (Wildman–Crippen MR) is 98.6 cm³/mol. The Morgan fingerprint density at radius 1 is 1.28 bits per heavy atom. The van der Waals surface area contributed by atoms with Gasteiger partial charge in [-0.15, -0.1) is 0 Å². The van der Waals surface area contributed by atoms with Crippen molar-refractivity contribution < 1.29 is 23.5 Å². The topological polar surface area (TPSA) is 91.6 Å². The van der Waals surface area contributed by atoms with Gasteiger partial charge in [-0.2, -0.15) is 0 Å². The zero-order valence-corrected chi connectivity index (χ0v) is 15.2. The third-order valence-electron chi connectivity index (χ3n) is 5.09. The van der Waals surface area contributed by atoms with Crippen LogP contribution in [0.25, 0.3) is 0 Å². The maximum Gasteiger partial charge on any atom is 0.274 e. The largest absolute Gasteiger partial charge is 0.503 e. The zero-order chi connectivity index (χ0) is 20.7. The van der Waals surface area contributed by atoms with Crippen molar-refractivity contribution >= 4 is 11.8 Å². The van der Waals surface area contributed by atoms with E-state index in [1.165, 1.54) is 16.8 Å². The van der Waals surface area contributed by atoms with Crippen molar-refractivity contribution in [3.63, 3.8) is 0 Å². The molecule has 2 aromatic rings. The van der Waals surface area contributed by atoms with Gasteiger partial charge >= 0.3 is 0 Å². The van der Waals surface area contributed by atoms with Gasteiger partial charge in [-0.1, -0.05) is 18.2 Å². The highest BCUT2D eigenvalue weighted by Crippen LogP contribution is 2.29. The number of carbonyl (C=O) groups is 2. The average molecular weight is 401 g/mol. The van der Waals surface area contributed by atoms with Crippen molar-refractivity contribution in [2.75, 3.05) is 13.1 Å². The van der Waals surface area contributed by atoms with E-state index in [9.17, 15) is 28.3 Å². The Labute approximate surface area is 163 Å². The minimum atomic E-state index is -0.981. The Morgan fingerprint density at radius 3 is 2.83 bits per heavy atom. The second kappa shape index (κ2) is 7.16. The highest BCUT2D eigenvalue weighted by molar-refractivity contribution is 5.99. The highest BCUT2D eigenvalue weighted by atomic mass is 19.1. The molecule has 2 bridgehead atoms. The van der Waals surface area contributed by atoms with Gasteiger partial charge in [0.05, 0.1) is 6.04 Å². The molecular weight excluding hydrogens is 384 g/mol. The normalized spacial score (nSPS) is 17.7. The van der Waals surface area contributed by atoms with Gasteiger partial charge in [-0.25, -0.2) is 8.78 Å². The third-order valence-corrected chi connectivity index (χ3v) is 5.09. The summed E-state index contributed by atoms with van der Waals surface area (Å²) in [6, 6.07) is 2.61. The molecule has 150 valence electrons. The van der Waals surface area contributed by atoms with E-state index in [-0.39, 0.29) is 29.4 Å². The number of benzene rings is 1. The molecule has 0 radical (unpaired) electrons. The molecule has 2 aliphatic heterocycles. The molecule has 0 fully saturated rings. The minimum Gasteiger partial charge on any atom is -0.503 e. The van der Waals surface area contributed by atoms with Crippen LogP contribution in [0.4, 0.5) is 8.78 Å². The Kier molecular flexibility index (Phi) is 4.65. The van der Waals surface area contributed by atoms with Crippen molar-refractivity contribution in [1.29, 1.82) is 0 Å². The standard InChI is InChI=1S/C20H17F2N3O4/c21-12-5-4-11(15(22)7-12)8-23-19(28)14-10-25-13-3-1-2-6-24(9-13)20(29)16(25)18(27)17(14)26/h1,3-5,7,10,13,27H,2,6,8-9H2,(H,23,28). The van der Waals surface area contributed by atoms with Gasteiger partial charge in [-0.3, -0.25) is 14.4 Å². The van der Waals surface area contributed by atoms with E-state index in [4.69, 9.17) is 0 Å². The van der Waals surface area contributed by atoms with Crippen LogP contribution in [0.15, 0.2) is 41.3 Å². The molecule has 3 heterocycles. The fourth-order valence-electron chi connectivity index (χ4n) is 3.57. The molecular formula is C20H17F2N3O4. The Morgan fingerprint density at radius 2 is 2.07 bits per heavy atom. The number of hydrogen-bond acceptors (Lipinski definition) is 4. The van der Waals surface area contributed by atoms with Crippen LogP contribution in [-0.2, 0) is 6.54 Å². The maximum atomic E-state index is 13.7. The number of nitrogens with zero attached hydrogens (tertiary/aromatic N) is 2. The number of halogens is 2. The van der Waals surface area contributed by atoms with Crippen molar-refractivity contribution in [2.24, 2.45) is 0 Å². The number of rotatable bonds is 3. The fourth-order valence-corrected chi connectivity index (χ4v) is 3.57. The van der Waals surface area contributed by atoms with Gasteiger partial charge in [0.1, 0.15) is 17.2 Å². The van der Waals surface area contributed by atoms with Crippen LogP contribution < -0.4 is 10.7 Å². The number of carbonyl (C=O) groups excluding carboxylic acids is 2. The first-order chi connectivity index (χ1) is 13.9. The summed E-state index contributed by atoms with van der Waals surface area (Å²) in [6.07, 6.45) is 5.65. The molecule has 0 spiro atoms. The fraction of sp³-hybridized carbons (Fsp3) is 0.250. The Hall–Kier alpha value is -3.49. The van der Waals surface area contributed by atoms with Crippen LogP contribution in [0.1, 0.15) is 38.9 Å². The molecule has 1 atom stereocenters. The number of hydrogen-bond donors (Lipinski definition) is 2. The molecule has 7 nitrogen and oxygen atoms in total. The van der Waals surface area contributed by atoms with Crippen LogP contribution in [0.3, 0.4) is 0 Å². The summed E-state index contributed by atoms with van der Waals surface area (Å²) in [5, 5.41) is 12.8. The highest BCUT2D eigenvalue weighted by Gasteiger charge is 2.35. The van der Waals surface area contributed by atoms with Crippen LogP contribution in [0.2, 0.25) is 0 Å². The second-order valence-corrected chi connectivity index (χ2v) is 6.93. The summed E-state index contributed by atoms with van der Waals surface area (Å²) in [6.45, 7) is 0.570. The van der Waals surface area contributed by atoms with Crippen LogP contribution >= 0.6 is 0 Å². The lowest BCUT2D eigenvalue weighted by molar-refractivity contribution is 0.0687. The molecule has 2 N–H and O–H groups in total. The van der Waals surface area contributed by atoms with Gasteiger partial charge in [0.15, 0.2) is 11.4 Å². The molecule has 9 heteroatoms. The predicted octanol–water partition coefficient (Wildman–Crippen LogP) is 1.72. The molecule has 2 aliphatic rings. The first kappa shape index (κ1) is 18.9. The number of amides is 2. The molecule has 1 aromatic heterocycles. The second-order valence-electron chi connectivity index (χ2n) is 6.93. The quantitative estimate of drug-likeness (QED) is 0.767. The average Bonchev–Trinajstić information content (AvgIpc) is 2.91. The summed E-state index contributed by atoms with van der Waals surface area (Å²) < 4.78 is 28.2. The first-order valence-corrected chi connectivity index (χ1v) is 9.03. The molecule has 0 saturated heterocycles. The third kappa shape index (κ3) is 3.28. The monoisotopic (exact) mass is 401 g/mol. The lowest BCUT2D eigenvalue weighted by atomic mass is 10.1. The van der Waals surface area contributed by atoms with Crippen molar-refractivity contribution in [3.05, 3.63) is 75.2 Å². The summed E-state index contributed by atoms with van der Waals surface area (Å²) in [5.41, 5.74) is -1.46. The first-order valence-electron chi connectivity index (χ1n) is 9.03. The van der Waals surface area contributed by atoms with E-state index in [2.05, 4.69) is 5.32 Å². The lowest BCUT2D eigenvalue weighted by Gasteiger charge is -2.33. The smallest absolute Gasteiger partial charge is 0.274 e. The zero-order valence-electron chi connectivity index (χ0n) is 15.2. The molecule has 0 aliphatic carbocycles. The molecule has 0 saturated carbocycles. The van der Waals surface area contributed by atoms with Gasteiger partial charge in [0.2, 0.25) is 5.43 Å². The van der Waals surface area contributed by atoms with E-state index in [0.29, 0.717) is 25.6 Å². The maximum absolute atomic E-state index is 13.7. The van der Waals surface area contributed by atoms with Gasteiger partial charge in [0, 0.05) is 37.5 Å². The van der Waals surface area contributed by atoms with Crippen LogP contribution in [-0.4, -0.2) is 39.5 Å². The van der Waals surface area contributed by atoms with Crippen LogP contribution in [0, 0.1) is 11.6 Å². The summed E-state index contributed by atoms with van der Waals surface area (Å²) in [5.74, 6) is -3.67. The minimum absolute atomic E-state index is 0.0413.